The summed E-state index contributed by atoms with van der Waals surface area (Å²) >= 11 is 6.05. The minimum atomic E-state index is -0.258. The van der Waals surface area contributed by atoms with Gasteiger partial charge in [0.25, 0.3) is 0 Å². The molecule has 0 aromatic heterocycles. The van der Waals surface area contributed by atoms with Crippen molar-refractivity contribution in [3.63, 3.8) is 0 Å². The Morgan fingerprint density at radius 1 is 0.964 bits per heavy atom. The van der Waals surface area contributed by atoms with Crippen molar-refractivity contribution in [1.29, 1.82) is 0 Å². The Bertz CT molecular complexity index is 1030. The molecule has 4 nitrogen and oxygen atoms in total. The van der Waals surface area contributed by atoms with Gasteiger partial charge in [0.05, 0.1) is 18.8 Å². The van der Waals surface area contributed by atoms with Crippen LogP contribution >= 0.6 is 11.6 Å². The van der Waals surface area contributed by atoms with Gasteiger partial charge in [-0.3, -0.25) is 0 Å². The van der Waals surface area contributed by atoms with Crippen molar-refractivity contribution < 1.29 is 9.47 Å². The number of rotatable bonds is 3. The van der Waals surface area contributed by atoms with E-state index in [0.717, 1.165) is 38.9 Å². The number of methoxy groups -OCH3 is 1. The Morgan fingerprint density at radius 3 is 2.46 bits per heavy atom. The Kier molecular flexibility index (Phi) is 4.23. The Labute approximate surface area is 168 Å². The summed E-state index contributed by atoms with van der Waals surface area (Å²) < 4.78 is 11.7. The van der Waals surface area contributed by atoms with Gasteiger partial charge >= 0.3 is 0 Å². The Hall–Kier alpha value is -2.95. The summed E-state index contributed by atoms with van der Waals surface area (Å²) in [6.45, 7) is 0. The van der Waals surface area contributed by atoms with E-state index in [2.05, 4.69) is 22.6 Å². The van der Waals surface area contributed by atoms with E-state index < -0.39 is 0 Å². The highest BCUT2D eigenvalue weighted by Crippen LogP contribution is 2.45. The molecule has 2 atom stereocenters. The highest BCUT2D eigenvalue weighted by Gasteiger charge is 2.39. The third-order valence-electron chi connectivity index (χ3n) is 5.16. The molecular weight excluding hydrogens is 372 g/mol. The number of para-hydroxylation sites is 1. The van der Waals surface area contributed by atoms with Crippen LogP contribution in [0.1, 0.15) is 29.0 Å². The maximum Gasteiger partial charge on any atom is 0.195 e. The molecule has 140 valence electrons. The van der Waals surface area contributed by atoms with E-state index >= 15 is 0 Å². The molecule has 2 aliphatic heterocycles. The third-order valence-corrected chi connectivity index (χ3v) is 5.41. The van der Waals surface area contributed by atoms with Crippen molar-refractivity contribution in [3.05, 3.63) is 101 Å². The molecule has 3 aromatic carbocycles. The molecule has 5 rings (SSSR count). The molecule has 1 N–H and O–H groups in total. The summed E-state index contributed by atoms with van der Waals surface area (Å²) in [5, 5.41) is 2.87. The zero-order valence-corrected chi connectivity index (χ0v) is 16.1. The first kappa shape index (κ1) is 17.2. The van der Waals surface area contributed by atoms with Gasteiger partial charge < -0.3 is 14.9 Å². The molecule has 0 saturated carbocycles. The summed E-state index contributed by atoms with van der Waals surface area (Å²) in [5.74, 6) is 1.73. The lowest BCUT2D eigenvalue weighted by molar-refractivity contribution is -0.0326. The van der Waals surface area contributed by atoms with Crippen LogP contribution in [0.25, 0.3) is 5.70 Å². The Balaban J connectivity index is 1.55. The largest absolute Gasteiger partial charge is 0.497 e. The van der Waals surface area contributed by atoms with Crippen LogP contribution in [-0.2, 0) is 0 Å². The maximum absolute atomic E-state index is 6.38. The molecule has 0 bridgehead atoms. The zero-order valence-electron chi connectivity index (χ0n) is 15.3. The van der Waals surface area contributed by atoms with E-state index in [1.807, 2.05) is 66.7 Å². The topological polar surface area (TPSA) is 33.7 Å². The molecule has 0 aliphatic carbocycles. The number of hydrogen-bond donors (Lipinski definition) is 1. The quantitative estimate of drug-likeness (QED) is 0.654. The summed E-state index contributed by atoms with van der Waals surface area (Å²) in [5.41, 5.74) is 7.87. The molecule has 0 spiro atoms. The van der Waals surface area contributed by atoms with Gasteiger partial charge in [-0.05, 0) is 42.0 Å². The van der Waals surface area contributed by atoms with E-state index in [1.54, 1.807) is 7.11 Å². The minimum absolute atomic E-state index is 0.0720. The van der Waals surface area contributed by atoms with Gasteiger partial charge in [-0.1, -0.05) is 54.1 Å². The highest BCUT2D eigenvalue weighted by molar-refractivity contribution is 6.30. The number of nitrogens with one attached hydrogen (secondary N) is 1. The molecule has 0 unspecified atom stereocenters. The average Bonchev–Trinajstić information content (AvgIpc) is 3.19. The summed E-state index contributed by atoms with van der Waals surface area (Å²) in [4.78, 5) is 0. The van der Waals surface area contributed by atoms with Gasteiger partial charge in [-0.15, -0.1) is 0 Å². The fourth-order valence-corrected chi connectivity index (χ4v) is 3.85. The van der Waals surface area contributed by atoms with E-state index in [4.69, 9.17) is 21.1 Å². The minimum Gasteiger partial charge on any atom is -0.497 e. The van der Waals surface area contributed by atoms with Crippen LogP contribution < -0.4 is 14.9 Å². The maximum atomic E-state index is 6.38. The number of halogens is 1. The van der Waals surface area contributed by atoms with Crippen LogP contribution in [0.5, 0.6) is 11.5 Å². The summed E-state index contributed by atoms with van der Waals surface area (Å²) in [7, 11) is 1.67. The number of hydrogen-bond acceptors (Lipinski definition) is 4. The molecule has 0 amide bonds. The highest BCUT2D eigenvalue weighted by atomic mass is 35.5. The monoisotopic (exact) mass is 390 g/mol. The van der Waals surface area contributed by atoms with Crippen LogP contribution in [-0.4, -0.2) is 12.1 Å². The normalized spacial score (nSPS) is 20.4. The van der Waals surface area contributed by atoms with E-state index in [1.165, 1.54) is 0 Å². The number of ether oxygens (including phenoxy) is 2. The second-order valence-electron chi connectivity index (χ2n) is 6.83. The summed E-state index contributed by atoms with van der Waals surface area (Å²) in [6, 6.07) is 24.1. The predicted molar refractivity (Wildman–Crippen MR) is 110 cm³/mol. The van der Waals surface area contributed by atoms with Gasteiger partial charge in [0, 0.05) is 16.1 Å². The van der Waals surface area contributed by atoms with Gasteiger partial charge in [0.2, 0.25) is 0 Å². The standard InChI is InChI=1S/C23H19ClN2O2/c1-27-18-12-8-16(9-13-18)23-26-21(19-4-2-3-5-22(19)28-23)14-20(25-26)15-6-10-17(24)11-7-15/h2-14,21,23,25H,1H3/t21-,23+/m1/s1. The first-order valence-corrected chi connectivity index (χ1v) is 9.53. The number of fused-ring (bicyclic) bond motifs is 3. The van der Waals surface area contributed by atoms with Crippen molar-refractivity contribution in [3.8, 4) is 11.5 Å². The van der Waals surface area contributed by atoms with Gasteiger partial charge in [-0.25, -0.2) is 0 Å². The molecule has 2 heterocycles. The van der Waals surface area contributed by atoms with Crippen molar-refractivity contribution in [2.75, 3.05) is 7.11 Å². The number of nitrogens with zero attached hydrogens (tertiary/aromatic N) is 1. The van der Waals surface area contributed by atoms with Gasteiger partial charge in [0.1, 0.15) is 11.5 Å². The third kappa shape index (κ3) is 2.91. The molecule has 0 fully saturated rings. The van der Waals surface area contributed by atoms with Crippen LogP contribution in [0.2, 0.25) is 5.02 Å². The van der Waals surface area contributed by atoms with E-state index in [9.17, 15) is 0 Å². The van der Waals surface area contributed by atoms with Crippen LogP contribution in [0.15, 0.2) is 78.9 Å². The zero-order chi connectivity index (χ0) is 19.1. The molecular formula is C23H19ClN2O2. The predicted octanol–water partition coefficient (Wildman–Crippen LogP) is 5.34. The lowest BCUT2D eigenvalue weighted by Gasteiger charge is -2.39. The van der Waals surface area contributed by atoms with Crippen molar-refractivity contribution in [2.45, 2.75) is 12.3 Å². The Morgan fingerprint density at radius 2 is 1.71 bits per heavy atom. The van der Waals surface area contributed by atoms with Crippen LogP contribution in [0.3, 0.4) is 0 Å². The molecule has 3 aromatic rings. The summed E-state index contributed by atoms with van der Waals surface area (Å²) in [6.07, 6.45) is 1.98. The second kappa shape index (κ2) is 6.89. The van der Waals surface area contributed by atoms with Crippen LogP contribution in [0.4, 0.5) is 0 Å². The van der Waals surface area contributed by atoms with Crippen molar-refractivity contribution in [1.82, 2.24) is 10.4 Å². The lowest BCUT2D eigenvalue weighted by Crippen LogP contribution is -2.43. The number of hydrazine groups is 1. The first-order chi connectivity index (χ1) is 13.7. The van der Waals surface area contributed by atoms with E-state index in [-0.39, 0.29) is 12.3 Å². The van der Waals surface area contributed by atoms with Crippen molar-refractivity contribution >= 4 is 17.3 Å². The smallest absolute Gasteiger partial charge is 0.195 e. The van der Waals surface area contributed by atoms with Crippen molar-refractivity contribution in [2.24, 2.45) is 0 Å². The second-order valence-corrected chi connectivity index (χ2v) is 7.27. The lowest BCUT2D eigenvalue weighted by atomic mass is 10.0. The first-order valence-electron chi connectivity index (χ1n) is 9.15. The molecule has 5 heteroatoms. The fourth-order valence-electron chi connectivity index (χ4n) is 3.72. The SMILES string of the molecule is COc1ccc([C@@H]2Oc3ccccc3[C@H]3C=C(c4ccc(Cl)cc4)NN32)cc1. The fraction of sp³-hybridized carbons (Fsp3) is 0.130. The number of benzene rings is 3. The van der Waals surface area contributed by atoms with Gasteiger partial charge in [-0.2, -0.15) is 5.01 Å². The van der Waals surface area contributed by atoms with Gasteiger partial charge in [0.15, 0.2) is 6.23 Å². The van der Waals surface area contributed by atoms with Crippen LogP contribution in [0, 0.1) is 0 Å². The van der Waals surface area contributed by atoms with E-state index in [0.29, 0.717) is 0 Å². The molecule has 0 radical (unpaired) electrons. The average molecular weight is 391 g/mol. The molecule has 0 saturated heterocycles. The molecule has 2 aliphatic rings. The molecule has 28 heavy (non-hydrogen) atoms.